The van der Waals surface area contributed by atoms with E-state index in [4.69, 9.17) is 0 Å². The van der Waals surface area contributed by atoms with Crippen LogP contribution in [-0.2, 0) is 10.0 Å². The number of unbranched alkanes of at least 4 members (excludes halogenated alkanes) is 1. The average Bonchev–Trinajstić information content (AvgIpc) is 2.35. The summed E-state index contributed by atoms with van der Waals surface area (Å²) >= 11 is 0. The third kappa shape index (κ3) is 5.24. The zero-order chi connectivity index (χ0) is 14.2. The van der Waals surface area contributed by atoms with E-state index in [-0.39, 0.29) is 11.3 Å². The second-order valence-corrected chi connectivity index (χ2v) is 7.19. The Morgan fingerprint density at radius 2 is 1.78 bits per heavy atom. The average molecular weight is 278 g/mol. The molecule has 0 spiro atoms. The van der Waals surface area contributed by atoms with Crippen molar-refractivity contribution < 1.29 is 8.42 Å². The van der Waals surface area contributed by atoms with Gasteiger partial charge in [0.2, 0.25) is 10.0 Å². The van der Waals surface area contributed by atoms with E-state index in [2.05, 4.69) is 12.2 Å². The summed E-state index contributed by atoms with van der Waals surface area (Å²) in [6.07, 6.45) is 2.80. The molecule has 0 aromatic rings. The molecule has 0 amide bonds. The van der Waals surface area contributed by atoms with E-state index < -0.39 is 10.0 Å². The van der Waals surface area contributed by atoms with Crippen molar-refractivity contribution in [2.45, 2.75) is 65.2 Å². The van der Waals surface area contributed by atoms with Crippen molar-refractivity contribution in [1.29, 1.82) is 0 Å². The van der Waals surface area contributed by atoms with Crippen molar-refractivity contribution >= 4 is 10.0 Å². The van der Waals surface area contributed by atoms with Crippen molar-refractivity contribution in [3.8, 4) is 0 Å². The van der Waals surface area contributed by atoms with Gasteiger partial charge in [-0.25, -0.2) is 8.42 Å². The first kappa shape index (κ1) is 17.9. The van der Waals surface area contributed by atoms with E-state index in [1.165, 1.54) is 0 Å². The summed E-state index contributed by atoms with van der Waals surface area (Å²) in [6, 6.07) is 0.0885. The molecule has 0 rings (SSSR count). The molecule has 0 aliphatic carbocycles. The van der Waals surface area contributed by atoms with Crippen molar-refractivity contribution in [2.24, 2.45) is 0 Å². The first-order valence-electron chi connectivity index (χ1n) is 7.13. The standard InChI is InChI=1S/C13H30N2O2S/c1-6-9-10-15(12(4)7-2)18(16,17)13(5)11-14-8-3/h12-14H,6-11H2,1-5H3. The maximum absolute atomic E-state index is 12.5. The molecule has 0 bridgehead atoms. The van der Waals surface area contributed by atoms with Gasteiger partial charge < -0.3 is 5.32 Å². The number of sulfonamides is 1. The van der Waals surface area contributed by atoms with Crippen LogP contribution in [-0.4, -0.2) is 43.6 Å². The van der Waals surface area contributed by atoms with Crippen LogP contribution in [0.25, 0.3) is 0 Å². The molecular formula is C13H30N2O2S. The molecule has 0 radical (unpaired) electrons. The van der Waals surface area contributed by atoms with Gasteiger partial charge in [0.25, 0.3) is 0 Å². The van der Waals surface area contributed by atoms with Crippen molar-refractivity contribution in [3.63, 3.8) is 0 Å². The van der Waals surface area contributed by atoms with Gasteiger partial charge in [0.15, 0.2) is 0 Å². The number of nitrogens with one attached hydrogen (secondary N) is 1. The van der Waals surface area contributed by atoms with E-state index in [0.717, 1.165) is 25.8 Å². The molecule has 0 saturated carbocycles. The molecule has 0 aliphatic rings. The molecule has 0 fully saturated rings. The zero-order valence-electron chi connectivity index (χ0n) is 12.6. The molecule has 0 aromatic carbocycles. The van der Waals surface area contributed by atoms with Crippen LogP contribution >= 0.6 is 0 Å². The largest absolute Gasteiger partial charge is 0.316 e. The zero-order valence-corrected chi connectivity index (χ0v) is 13.4. The Labute approximate surface area is 113 Å². The highest BCUT2D eigenvalue weighted by Crippen LogP contribution is 2.16. The third-order valence-corrected chi connectivity index (χ3v) is 5.71. The molecule has 2 atom stereocenters. The molecule has 0 saturated heterocycles. The summed E-state index contributed by atoms with van der Waals surface area (Å²) in [5.74, 6) is 0. The monoisotopic (exact) mass is 278 g/mol. The second kappa shape index (κ2) is 8.88. The summed E-state index contributed by atoms with van der Waals surface area (Å²) in [5, 5.41) is 2.76. The van der Waals surface area contributed by atoms with Crippen LogP contribution in [0, 0.1) is 0 Å². The Kier molecular flexibility index (Phi) is 8.82. The highest BCUT2D eigenvalue weighted by atomic mass is 32.2. The molecule has 0 heterocycles. The minimum atomic E-state index is -3.19. The molecule has 110 valence electrons. The van der Waals surface area contributed by atoms with Gasteiger partial charge in [-0.3, -0.25) is 0 Å². The molecular weight excluding hydrogens is 248 g/mol. The normalized spacial score (nSPS) is 15.9. The Morgan fingerprint density at radius 3 is 2.22 bits per heavy atom. The van der Waals surface area contributed by atoms with Crippen LogP contribution < -0.4 is 5.32 Å². The lowest BCUT2D eigenvalue weighted by Crippen LogP contribution is -2.46. The predicted octanol–water partition coefficient (Wildman–Crippen LogP) is 2.21. The summed E-state index contributed by atoms with van der Waals surface area (Å²) in [5.41, 5.74) is 0. The Balaban J connectivity index is 4.83. The molecule has 0 aromatic heterocycles. The van der Waals surface area contributed by atoms with Crippen LogP contribution in [0.2, 0.25) is 0 Å². The van der Waals surface area contributed by atoms with Gasteiger partial charge in [-0.05, 0) is 33.2 Å². The highest BCUT2D eigenvalue weighted by Gasteiger charge is 2.30. The fourth-order valence-electron chi connectivity index (χ4n) is 1.80. The smallest absolute Gasteiger partial charge is 0.218 e. The van der Waals surface area contributed by atoms with Crippen molar-refractivity contribution in [1.82, 2.24) is 9.62 Å². The minimum absolute atomic E-state index is 0.0885. The fourth-order valence-corrected chi connectivity index (χ4v) is 3.63. The van der Waals surface area contributed by atoms with Gasteiger partial charge in [0.05, 0.1) is 5.25 Å². The van der Waals surface area contributed by atoms with Crippen LogP contribution in [0.5, 0.6) is 0 Å². The number of hydrogen-bond donors (Lipinski definition) is 1. The van der Waals surface area contributed by atoms with Crippen LogP contribution in [0.1, 0.15) is 53.9 Å². The van der Waals surface area contributed by atoms with Crippen molar-refractivity contribution in [2.75, 3.05) is 19.6 Å². The Hall–Kier alpha value is -0.130. The topological polar surface area (TPSA) is 49.4 Å². The van der Waals surface area contributed by atoms with Gasteiger partial charge in [0.1, 0.15) is 0 Å². The van der Waals surface area contributed by atoms with E-state index in [0.29, 0.717) is 13.1 Å². The van der Waals surface area contributed by atoms with E-state index in [1.54, 1.807) is 11.2 Å². The Bertz CT molecular complexity index is 304. The molecule has 1 N–H and O–H groups in total. The second-order valence-electron chi connectivity index (χ2n) is 4.88. The van der Waals surface area contributed by atoms with Crippen LogP contribution in [0.3, 0.4) is 0 Å². The van der Waals surface area contributed by atoms with Gasteiger partial charge >= 0.3 is 0 Å². The van der Waals surface area contributed by atoms with Gasteiger partial charge in [-0.15, -0.1) is 0 Å². The molecule has 5 heteroatoms. The maximum Gasteiger partial charge on any atom is 0.218 e. The quantitative estimate of drug-likeness (QED) is 0.666. The van der Waals surface area contributed by atoms with Crippen molar-refractivity contribution in [3.05, 3.63) is 0 Å². The fraction of sp³-hybridized carbons (Fsp3) is 1.00. The summed E-state index contributed by atoms with van der Waals surface area (Å²) in [6.45, 7) is 11.9. The number of nitrogens with zero attached hydrogens (tertiary/aromatic N) is 1. The lowest BCUT2D eigenvalue weighted by molar-refractivity contribution is 0.320. The van der Waals surface area contributed by atoms with E-state index in [9.17, 15) is 8.42 Å². The molecule has 4 nitrogen and oxygen atoms in total. The number of hydrogen-bond acceptors (Lipinski definition) is 3. The molecule has 18 heavy (non-hydrogen) atoms. The molecule has 2 unspecified atom stereocenters. The predicted molar refractivity (Wildman–Crippen MR) is 78.3 cm³/mol. The minimum Gasteiger partial charge on any atom is -0.316 e. The first-order chi connectivity index (χ1) is 8.41. The summed E-state index contributed by atoms with van der Waals surface area (Å²) in [4.78, 5) is 0. The lowest BCUT2D eigenvalue weighted by atomic mass is 10.2. The molecule has 0 aliphatic heterocycles. The third-order valence-electron chi connectivity index (χ3n) is 3.33. The lowest BCUT2D eigenvalue weighted by Gasteiger charge is -2.30. The van der Waals surface area contributed by atoms with E-state index >= 15 is 0 Å². The maximum atomic E-state index is 12.5. The summed E-state index contributed by atoms with van der Waals surface area (Å²) in [7, 11) is -3.19. The summed E-state index contributed by atoms with van der Waals surface area (Å²) < 4.78 is 26.8. The van der Waals surface area contributed by atoms with Gasteiger partial charge in [-0.2, -0.15) is 4.31 Å². The van der Waals surface area contributed by atoms with Gasteiger partial charge in [-0.1, -0.05) is 27.2 Å². The first-order valence-corrected chi connectivity index (χ1v) is 8.63. The number of rotatable bonds is 10. The van der Waals surface area contributed by atoms with Gasteiger partial charge in [0, 0.05) is 19.1 Å². The highest BCUT2D eigenvalue weighted by molar-refractivity contribution is 7.89. The Morgan fingerprint density at radius 1 is 1.17 bits per heavy atom. The van der Waals surface area contributed by atoms with E-state index in [1.807, 2.05) is 20.8 Å². The SMILES string of the molecule is CCCCN(C(C)CC)S(=O)(=O)C(C)CNCC. The van der Waals surface area contributed by atoms with Crippen LogP contribution in [0.15, 0.2) is 0 Å². The van der Waals surface area contributed by atoms with Crippen LogP contribution in [0.4, 0.5) is 0 Å².